The third-order valence-corrected chi connectivity index (χ3v) is 4.58. The van der Waals surface area contributed by atoms with Crippen molar-refractivity contribution in [3.8, 4) is 0 Å². The van der Waals surface area contributed by atoms with Crippen molar-refractivity contribution in [1.29, 1.82) is 0 Å². The van der Waals surface area contributed by atoms with Gasteiger partial charge in [0.1, 0.15) is 24.3 Å². The molecule has 4 heterocycles. The minimum atomic E-state index is -1.44. The smallest absolute Gasteiger partial charge is 0.326 e. The Labute approximate surface area is 174 Å². The Bertz CT molecular complexity index is 1110. The van der Waals surface area contributed by atoms with Gasteiger partial charge in [-0.15, -0.1) is 0 Å². The number of ether oxygens (including phenoxy) is 1. The van der Waals surface area contributed by atoms with Crippen molar-refractivity contribution in [1.82, 2.24) is 30.0 Å². The largest absolute Gasteiger partial charge is 0.387 e. The number of amides is 3. The number of aromatic nitrogens is 5. The van der Waals surface area contributed by atoms with Gasteiger partial charge >= 0.3 is 6.03 Å². The number of urea groups is 1. The minimum Gasteiger partial charge on any atom is -0.387 e. The number of likely N-dealkylation sites (N-methyl/N-ethyl adjacent to an activating group) is 1. The van der Waals surface area contributed by atoms with E-state index in [0.717, 1.165) is 0 Å². The van der Waals surface area contributed by atoms with Gasteiger partial charge in [0.15, 0.2) is 35.1 Å². The molecular formula is C17H20N8O6. The van der Waals surface area contributed by atoms with Crippen LogP contribution >= 0.6 is 0 Å². The molecule has 4 unspecified atom stereocenters. The van der Waals surface area contributed by atoms with Crippen LogP contribution in [-0.4, -0.2) is 71.7 Å². The number of aliphatic hydroxyl groups is 2. The zero-order valence-corrected chi connectivity index (χ0v) is 16.5. The number of imidazole rings is 1. The Morgan fingerprint density at radius 2 is 2.00 bits per heavy atom. The fraction of sp³-hybridized carbons (Fsp3) is 0.412. The maximum absolute atomic E-state index is 12.2. The highest BCUT2D eigenvalue weighted by Crippen LogP contribution is 2.32. The van der Waals surface area contributed by atoms with Crippen molar-refractivity contribution in [2.45, 2.75) is 38.4 Å². The molecule has 1 aliphatic rings. The summed E-state index contributed by atoms with van der Waals surface area (Å²) in [5.41, 5.74) is 0.427. The van der Waals surface area contributed by atoms with Gasteiger partial charge < -0.3 is 24.8 Å². The molecule has 0 radical (unpaired) electrons. The number of hydrogen-bond acceptors (Lipinski definition) is 10. The third-order valence-electron chi connectivity index (χ3n) is 4.58. The highest BCUT2D eigenvalue weighted by Gasteiger charge is 2.47. The standard InChI is InChI=1S/C17H20N8O6/c1-3-18-15(28)12-10(26)11(27)16(30-12)25-6-21-9-13(19-5-20-14(9)25)23-17(29)22-8-4-7(2)31-24-8/h4-6,10-12,16,26-27H,3H2,1-2H3,(H,18,28)(H2,19,20,22,23,24,29). The first-order valence-corrected chi connectivity index (χ1v) is 9.37. The van der Waals surface area contributed by atoms with Crippen LogP contribution in [0.25, 0.3) is 11.2 Å². The number of carbonyl (C=O) groups is 2. The average molecular weight is 432 g/mol. The van der Waals surface area contributed by atoms with Gasteiger partial charge in [0.25, 0.3) is 5.91 Å². The molecule has 4 rings (SSSR count). The number of hydrogen-bond donors (Lipinski definition) is 5. The van der Waals surface area contributed by atoms with E-state index in [1.54, 1.807) is 19.9 Å². The van der Waals surface area contributed by atoms with Crippen LogP contribution in [0.1, 0.15) is 18.9 Å². The molecule has 1 fully saturated rings. The summed E-state index contributed by atoms with van der Waals surface area (Å²) in [5.74, 6) is 0.299. The molecule has 1 aliphatic heterocycles. The van der Waals surface area contributed by atoms with Crippen LogP contribution in [0.2, 0.25) is 0 Å². The van der Waals surface area contributed by atoms with Gasteiger partial charge in [-0.25, -0.2) is 19.7 Å². The molecule has 31 heavy (non-hydrogen) atoms. The van der Waals surface area contributed by atoms with E-state index < -0.39 is 36.5 Å². The summed E-state index contributed by atoms with van der Waals surface area (Å²) in [4.78, 5) is 36.6. The second-order valence-corrected chi connectivity index (χ2v) is 6.77. The summed E-state index contributed by atoms with van der Waals surface area (Å²) in [6.07, 6.45) is -2.73. The second kappa shape index (κ2) is 8.25. The van der Waals surface area contributed by atoms with Gasteiger partial charge in [0.2, 0.25) is 0 Å². The monoisotopic (exact) mass is 432 g/mol. The van der Waals surface area contributed by atoms with Gasteiger partial charge in [-0.2, -0.15) is 0 Å². The molecule has 1 saturated heterocycles. The van der Waals surface area contributed by atoms with Crippen molar-refractivity contribution in [3.05, 3.63) is 24.5 Å². The molecule has 0 saturated carbocycles. The van der Waals surface area contributed by atoms with Gasteiger partial charge in [0.05, 0.1) is 6.33 Å². The molecule has 4 atom stereocenters. The first kappa shape index (κ1) is 20.6. The number of fused-ring (bicyclic) bond motifs is 1. The third kappa shape index (κ3) is 3.90. The number of rotatable bonds is 5. The minimum absolute atomic E-state index is 0.0924. The summed E-state index contributed by atoms with van der Waals surface area (Å²) < 4.78 is 11.8. The predicted molar refractivity (Wildman–Crippen MR) is 104 cm³/mol. The number of nitrogens with one attached hydrogen (secondary N) is 3. The lowest BCUT2D eigenvalue weighted by Gasteiger charge is -2.16. The molecule has 5 N–H and O–H groups in total. The summed E-state index contributed by atoms with van der Waals surface area (Å²) in [6.45, 7) is 3.75. The molecule has 0 bridgehead atoms. The summed E-state index contributed by atoms with van der Waals surface area (Å²) >= 11 is 0. The van der Waals surface area contributed by atoms with Crippen LogP contribution in [0.4, 0.5) is 16.4 Å². The summed E-state index contributed by atoms with van der Waals surface area (Å²) in [6, 6.07) is 0.908. The lowest BCUT2D eigenvalue weighted by molar-refractivity contribution is -0.137. The molecule has 0 spiro atoms. The summed E-state index contributed by atoms with van der Waals surface area (Å²) in [5, 5.41) is 31.9. The number of aryl methyl sites for hydroxylation is 1. The van der Waals surface area contributed by atoms with Gasteiger partial charge in [-0.3, -0.25) is 20.0 Å². The zero-order valence-electron chi connectivity index (χ0n) is 16.5. The Morgan fingerprint density at radius 1 is 1.19 bits per heavy atom. The normalized spacial score (nSPS) is 23.1. The SMILES string of the molecule is CCNC(=O)C1OC(n2cnc3c(NC(=O)Nc4cc(C)on4)ncnc32)C(O)C1O. The molecule has 14 heteroatoms. The van der Waals surface area contributed by atoms with Crippen molar-refractivity contribution < 1.29 is 29.1 Å². The van der Waals surface area contributed by atoms with Gasteiger partial charge in [-0.05, 0) is 13.8 Å². The molecular weight excluding hydrogens is 412 g/mol. The zero-order chi connectivity index (χ0) is 22.1. The van der Waals surface area contributed by atoms with Crippen LogP contribution in [0.5, 0.6) is 0 Å². The van der Waals surface area contributed by atoms with Crippen molar-refractivity contribution >= 4 is 34.7 Å². The van der Waals surface area contributed by atoms with Gasteiger partial charge in [0, 0.05) is 12.6 Å². The second-order valence-electron chi connectivity index (χ2n) is 6.77. The first-order chi connectivity index (χ1) is 14.9. The molecule has 3 aromatic rings. The fourth-order valence-electron chi connectivity index (χ4n) is 3.19. The Balaban J connectivity index is 1.56. The molecule has 3 aromatic heterocycles. The maximum atomic E-state index is 12.2. The van der Waals surface area contributed by atoms with Crippen molar-refractivity contribution in [2.24, 2.45) is 0 Å². The molecule has 14 nitrogen and oxygen atoms in total. The van der Waals surface area contributed by atoms with Crippen LogP contribution in [-0.2, 0) is 9.53 Å². The number of aliphatic hydroxyl groups excluding tert-OH is 2. The van der Waals surface area contributed by atoms with E-state index in [9.17, 15) is 19.8 Å². The van der Waals surface area contributed by atoms with Crippen LogP contribution in [0.3, 0.4) is 0 Å². The van der Waals surface area contributed by atoms with Crippen LogP contribution in [0, 0.1) is 6.92 Å². The molecule has 0 aromatic carbocycles. The molecule has 0 aliphatic carbocycles. The number of anilines is 2. The van der Waals surface area contributed by atoms with E-state index in [4.69, 9.17) is 9.26 Å². The van der Waals surface area contributed by atoms with Crippen LogP contribution in [0.15, 0.2) is 23.2 Å². The van der Waals surface area contributed by atoms with E-state index in [2.05, 4.69) is 36.1 Å². The van der Waals surface area contributed by atoms with Crippen molar-refractivity contribution in [2.75, 3.05) is 17.2 Å². The van der Waals surface area contributed by atoms with E-state index in [-0.39, 0.29) is 22.8 Å². The Kier molecular flexibility index (Phi) is 5.50. The Morgan fingerprint density at radius 3 is 2.71 bits per heavy atom. The highest BCUT2D eigenvalue weighted by molar-refractivity contribution is 6.02. The van der Waals surface area contributed by atoms with E-state index in [1.165, 1.54) is 17.2 Å². The summed E-state index contributed by atoms with van der Waals surface area (Å²) in [7, 11) is 0. The highest BCUT2D eigenvalue weighted by atomic mass is 16.6. The number of carbonyl (C=O) groups excluding carboxylic acids is 2. The average Bonchev–Trinajstić information content (AvgIpc) is 3.41. The van der Waals surface area contributed by atoms with Gasteiger partial charge in [-0.1, -0.05) is 5.16 Å². The lowest BCUT2D eigenvalue weighted by atomic mass is 10.1. The lowest BCUT2D eigenvalue weighted by Crippen LogP contribution is -2.42. The van der Waals surface area contributed by atoms with Crippen LogP contribution < -0.4 is 16.0 Å². The number of nitrogens with zero attached hydrogens (tertiary/aromatic N) is 5. The quantitative estimate of drug-likeness (QED) is 0.352. The predicted octanol–water partition coefficient (Wildman–Crippen LogP) is -0.478. The molecule has 3 amide bonds. The van der Waals surface area contributed by atoms with E-state index >= 15 is 0 Å². The molecule has 164 valence electrons. The first-order valence-electron chi connectivity index (χ1n) is 9.37. The van der Waals surface area contributed by atoms with E-state index in [0.29, 0.717) is 12.3 Å². The van der Waals surface area contributed by atoms with Crippen molar-refractivity contribution in [3.63, 3.8) is 0 Å². The topological polar surface area (TPSA) is 190 Å². The van der Waals surface area contributed by atoms with E-state index in [1.807, 2.05) is 0 Å². The fourth-order valence-corrected chi connectivity index (χ4v) is 3.19. The Hall–Kier alpha value is -3.62. The maximum Gasteiger partial charge on any atom is 0.326 e.